The first kappa shape index (κ1) is 18.8. The van der Waals surface area contributed by atoms with E-state index in [1.54, 1.807) is 38.1 Å². The van der Waals surface area contributed by atoms with Crippen molar-refractivity contribution in [2.45, 2.75) is 46.5 Å². The van der Waals surface area contributed by atoms with Gasteiger partial charge in [-0.2, -0.15) is 0 Å². The van der Waals surface area contributed by atoms with Gasteiger partial charge in [0.15, 0.2) is 11.6 Å². The van der Waals surface area contributed by atoms with Crippen LogP contribution < -0.4 is 0 Å². The summed E-state index contributed by atoms with van der Waals surface area (Å²) >= 11 is 0. The number of carbonyl (C=O) groups excluding carboxylic acids is 2. The molecule has 0 heterocycles. The van der Waals surface area contributed by atoms with Gasteiger partial charge < -0.3 is 5.11 Å². The number of aliphatic carboxylic acids is 1. The summed E-state index contributed by atoms with van der Waals surface area (Å²) in [5.74, 6) is -1.26. The first-order valence-corrected chi connectivity index (χ1v) is 8.59. The van der Waals surface area contributed by atoms with Crippen molar-refractivity contribution < 1.29 is 19.5 Å². The molecule has 1 atom stereocenters. The first-order chi connectivity index (χ1) is 11.8. The monoisotopic (exact) mass is 340 g/mol. The van der Waals surface area contributed by atoms with Gasteiger partial charge in [-0.1, -0.05) is 42.8 Å². The second-order valence-electron chi connectivity index (χ2n) is 6.69. The molecule has 0 amide bonds. The average molecular weight is 340 g/mol. The van der Waals surface area contributed by atoms with Crippen LogP contribution in [-0.2, 0) is 4.79 Å². The number of hydrogen-bond acceptors (Lipinski definition) is 3. The van der Waals surface area contributed by atoms with Gasteiger partial charge in [0, 0.05) is 22.3 Å². The zero-order valence-corrected chi connectivity index (χ0v) is 15.0. The number of rotatable bonds is 7. The van der Waals surface area contributed by atoms with Crippen LogP contribution in [0.15, 0.2) is 47.1 Å². The maximum Gasteiger partial charge on any atom is 0.306 e. The van der Waals surface area contributed by atoms with E-state index in [9.17, 15) is 14.4 Å². The second kappa shape index (κ2) is 8.06. The van der Waals surface area contributed by atoms with E-state index in [2.05, 4.69) is 0 Å². The number of carbonyl (C=O) groups is 3. The van der Waals surface area contributed by atoms with Gasteiger partial charge >= 0.3 is 5.97 Å². The van der Waals surface area contributed by atoms with Gasteiger partial charge in [0.05, 0.1) is 5.92 Å². The summed E-state index contributed by atoms with van der Waals surface area (Å²) in [6.07, 6.45) is 4.63. The molecule has 0 bridgehead atoms. The minimum Gasteiger partial charge on any atom is -0.481 e. The highest BCUT2D eigenvalue weighted by Gasteiger charge is 2.28. The maximum absolute atomic E-state index is 12.7. The molecule has 0 saturated carbocycles. The fourth-order valence-corrected chi connectivity index (χ4v) is 2.99. The van der Waals surface area contributed by atoms with Gasteiger partial charge in [-0.15, -0.1) is 0 Å². The largest absolute Gasteiger partial charge is 0.481 e. The van der Waals surface area contributed by atoms with Gasteiger partial charge in [-0.25, -0.2) is 0 Å². The van der Waals surface area contributed by atoms with Crippen LogP contribution in [0.3, 0.4) is 0 Å². The Labute approximate surface area is 148 Å². The van der Waals surface area contributed by atoms with Crippen molar-refractivity contribution in [3.8, 4) is 0 Å². The molecule has 1 aromatic rings. The zero-order valence-electron chi connectivity index (χ0n) is 15.0. The third kappa shape index (κ3) is 4.32. The number of fused-ring (bicyclic) bond motifs is 1. The van der Waals surface area contributed by atoms with E-state index in [0.717, 1.165) is 18.4 Å². The highest BCUT2D eigenvalue weighted by Crippen LogP contribution is 2.28. The summed E-state index contributed by atoms with van der Waals surface area (Å²) in [6, 6.07) is 6.93. The van der Waals surface area contributed by atoms with Crippen molar-refractivity contribution in [2.75, 3.05) is 0 Å². The van der Waals surface area contributed by atoms with Gasteiger partial charge in [0.1, 0.15) is 0 Å². The van der Waals surface area contributed by atoms with E-state index in [1.165, 1.54) is 0 Å². The number of allylic oxidation sites excluding steroid dienone is 4. The van der Waals surface area contributed by atoms with Crippen molar-refractivity contribution in [1.29, 1.82) is 0 Å². The Morgan fingerprint density at radius 2 is 1.76 bits per heavy atom. The number of carboxylic acid groups (broad SMARTS) is 1. The highest BCUT2D eigenvalue weighted by atomic mass is 16.4. The van der Waals surface area contributed by atoms with E-state index in [-0.39, 0.29) is 17.5 Å². The molecule has 1 aromatic carbocycles. The molecular formula is C21H24O4. The van der Waals surface area contributed by atoms with Crippen LogP contribution in [0.4, 0.5) is 0 Å². The van der Waals surface area contributed by atoms with Crippen LogP contribution in [0, 0.1) is 5.92 Å². The van der Waals surface area contributed by atoms with Crippen LogP contribution in [-0.4, -0.2) is 22.6 Å². The molecule has 1 aliphatic rings. The molecule has 1 unspecified atom stereocenters. The molecule has 0 fully saturated rings. The van der Waals surface area contributed by atoms with Crippen LogP contribution in [0.25, 0.3) is 0 Å². The fourth-order valence-electron chi connectivity index (χ4n) is 2.99. The van der Waals surface area contributed by atoms with Gasteiger partial charge in [-0.3, -0.25) is 14.4 Å². The lowest BCUT2D eigenvalue weighted by Gasteiger charge is -2.18. The van der Waals surface area contributed by atoms with Crippen LogP contribution in [0.2, 0.25) is 0 Å². The molecule has 0 aromatic heterocycles. The van der Waals surface area contributed by atoms with Crippen molar-refractivity contribution >= 4 is 17.5 Å². The Kier molecular flexibility index (Phi) is 6.07. The molecule has 132 valence electrons. The van der Waals surface area contributed by atoms with Gasteiger partial charge in [-0.05, 0) is 39.5 Å². The van der Waals surface area contributed by atoms with E-state index in [0.29, 0.717) is 35.1 Å². The SMILES string of the molecule is CC1=C(C/C=C(\C)CCCC(C)C(=O)O)C(=O)c2ccccc2C1=O. The molecule has 0 aliphatic heterocycles. The summed E-state index contributed by atoms with van der Waals surface area (Å²) in [6.45, 7) is 5.40. The van der Waals surface area contributed by atoms with Crippen LogP contribution in [0.5, 0.6) is 0 Å². The molecule has 1 N–H and O–H groups in total. The minimum absolute atomic E-state index is 0.0729. The molecule has 0 spiro atoms. The molecular weight excluding hydrogens is 316 g/mol. The Morgan fingerprint density at radius 1 is 1.16 bits per heavy atom. The quantitative estimate of drug-likeness (QED) is 0.736. The van der Waals surface area contributed by atoms with E-state index >= 15 is 0 Å². The highest BCUT2D eigenvalue weighted by molar-refractivity contribution is 6.26. The smallest absolute Gasteiger partial charge is 0.306 e. The first-order valence-electron chi connectivity index (χ1n) is 8.59. The van der Waals surface area contributed by atoms with Gasteiger partial charge in [0.25, 0.3) is 0 Å². The number of benzene rings is 1. The van der Waals surface area contributed by atoms with Crippen molar-refractivity contribution in [2.24, 2.45) is 5.92 Å². The normalized spacial score (nSPS) is 16.0. The lowest BCUT2D eigenvalue weighted by molar-refractivity contribution is -0.141. The summed E-state index contributed by atoms with van der Waals surface area (Å²) in [4.78, 5) is 35.9. The average Bonchev–Trinajstić information content (AvgIpc) is 2.59. The van der Waals surface area contributed by atoms with E-state index in [1.807, 2.05) is 13.0 Å². The van der Waals surface area contributed by atoms with E-state index < -0.39 is 5.97 Å². The number of hydrogen-bond donors (Lipinski definition) is 1. The summed E-state index contributed by atoms with van der Waals surface area (Å²) in [7, 11) is 0. The molecule has 4 nitrogen and oxygen atoms in total. The van der Waals surface area contributed by atoms with E-state index in [4.69, 9.17) is 5.11 Å². The predicted molar refractivity (Wildman–Crippen MR) is 96.8 cm³/mol. The fraction of sp³-hybridized carbons (Fsp3) is 0.381. The molecule has 4 heteroatoms. The van der Waals surface area contributed by atoms with Crippen LogP contribution >= 0.6 is 0 Å². The molecule has 25 heavy (non-hydrogen) atoms. The topological polar surface area (TPSA) is 71.4 Å². The molecule has 0 saturated heterocycles. The minimum atomic E-state index is -0.771. The maximum atomic E-state index is 12.7. The van der Waals surface area contributed by atoms with Crippen molar-refractivity contribution in [3.63, 3.8) is 0 Å². The number of Topliss-reactive ketones (excluding diaryl/α,β-unsaturated/α-hetero) is 2. The molecule has 0 radical (unpaired) electrons. The Hall–Kier alpha value is -2.49. The lowest BCUT2D eigenvalue weighted by Crippen LogP contribution is -2.20. The van der Waals surface area contributed by atoms with Crippen molar-refractivity contribution in [1.82, 2.24) is 0 Å². The third-order valence-electron chi connectivity index (χ3n) is 4.77. The van der Waals surface area contributed by atoms with Crippen LogP contribution in [0.1, 0.15) is 67.2 Å². The lowest BCUT2D eigenvalue weighted by atomic mass is 9.83. The van der Waals surface area contributed by atoms with Crippen molar-refractivity contribution in [3.05, 3.63) is 58.2 Å². The Bertz CT molecular complexity index is 768. The molecule has 1 aliphatic carbocycles. The second-order valence-corrected chi connectivity index (χ2v) is 6.69. The zero-order chi connectivity index (χ0) is 18.6. The number of carboxylic acids is 1. The number of ketones is 2. The van der Waals surface area contributed by atoms with Gasteiger partial charge in [0.2, 0.25) is 0 Å². The standard InChI is InChI=1S/C21H24O4/c1-13(7-6-8-14(2)21(24)25)11-12-16-15(3)19(22)17-9-4-5-10-18(17)20(16)23/h4-5,9-11,14H,6-8,12H2,1-3H3,(H,24,25)/b13-11+. The Morgan fingerprint density at radius 3 is 2.36 bits per heavy atom. The predicted octanol–water partition coefficient (Wildman–Crippen LogP) is 4.61. The molecule has 2 rings (SSSR count). The third-order valence-corrected chi connectivity index (χ3v) is 4.77. The summed E-state index contributed by atoms with van der Waals surface area (Å²) in [5.41, 5.74) is 3.15. The summed E-state index contributed by atoms with van der Waals surface area (Å²) < 4.78 is 0. The summed E-state index contributed by atoms with van der Waals surface area (Å²) in [5, 5.41) is 8.89. The Balaban J connectivity index is 2.04.